The molecular weight excluding hydrogens is 432 g/mol. The Morgan fingerprint density at radius 1 is 1.20 bits per heavy atom. The SMILES string of the molecule is NC1c2ccoc2N=CN1c1ccc(NS(=O)(=O)C2=CC=C(Cl)N3ONC=C23)cc1. The molecule has 0 bridgehead atoms. The molecule has 4 heterocycles. The average Bonchev–Trinajstić information content (AvgIpc) is 3.39. The summed E-state index contributed by atoms with van der Waals surface area (Å²) in [5.41, 5.74) is 10.9. The zero-order valence-corrected chi connectivity index (χ0v) is 16.8. The number of allylic oxidation sites excluding steroid dienone is 2. The van der Waals surface area contributed by atoms with Crippen molar-refractivity contribution < 1.29 is 17.8 Å². The van der Waals surface area contributed by atoms with E-state index in [4.69, 9.17) is 26.7 Å². The van der Waals surface area contributed by atoms with Crippen molar-refractivity contribution in [1.82, 2.24) is 10.5 Å². The highest BCUT2D eigenvalue weighted by molar-refractivity contribution is 7.96. The van der Waals surface area contributed by atoms with E-state index in [0.29, 0.717) is 11.6 Å². The van der Waals surface area contributed by atoms with Crippen LogP contribution in [0.3, 0.4) is 0 Å². The summed E-state index contributed by atoms with van der Waals surface area (Å²) in [5, 5.41) is 1.41. The molecule has 2 aromatic rings. The largest absolute Gasteiger partial charge is 0.446 e. The van der Waals surface area contributed by atoms with Crippen LogP contribution in [0.4, 0.5) is 17.3 Å². The lowest BCUT2D eigenvalue weighted by atomic mass is 10.2. The molecule has 3 aliphatic heterocycles. The fourth-order valence-corrected chi connectivity index (χ4v) is 4.62. The zero-order chi connectivity index (χ0) is 20.9. The van der Waals surface area contributed by atoms with Crippen molar-refractivity contribution >= 4 is 45.2 Å². The number of hydrogen-bond acceptors (Lipinski definition) is 9. The van der Waals surface area contributed by atoms with E-state index in [9.17, 15) is 8.42 Å². The number of rotatable bonds is 4. The molecule has 12 heteroatoms. The van der Waals surface area contributed by atoms with Crippen LogP contribution in [0.15, 0.2) is 80.1 Å². The van der Waals surface area contributed by atoms with Crippen molar-refractivity contribution in [3.8, 4) is 0 Å². The minimum absolute atomic E-state index is 0.0126. The fourth-order valence-electron chi connectivity index (χ4n) is 3.21. The number of benzene rings is 1. The van der Waals surface area contributed by atoms with Crippen LogP contribution in [0, 0.1) is 0 Å². The summed E-state index contributed by atoms with van der Waals surface area (Å²) in [6.07, 6.45) is 6.90. The molecule has 0 amide bonds. The summed E-state index contributed by atoms with van der Waals surface area (Å²) < 4.78 is 33.6. The van der Waals surface area contributed by atoms with Gasteiger partial charge in [0, 0.05) is 11.4 Å². The van der Waals surface area contributed by atoms with Crippen LogP contribution in [-0.2, 0) is 15.0 Å². The third kappa shape index (κ3) is 3.04. The van der Waals surface area contributed by atoms with Gasteiger partial charge < -0.3 is 15.1 Å². The standard InChI is InChI=1S/C18H15ClN6O4S/c19-16-6-5-15(14-9-22-29-25(14)16)30(26,27)23-11-1-3-12(4-2-11)24-10-21-18-13(17(24)20)7-8-28-18/h1-10,17,22-23H,20H2. The number of hydrogen-bond donors (Lipinski definition) is 3. The number of sulfonamides is 1. The van der Waals surface area contributed by atoms with Crippen LogP contribution in [0.25, 0.3) is 0 Å². The molecule has 0 aliphatic carbocycles. The second-order valence-electron chi connectivity index (χ2n) is 6.48. The predicted molar refractivity (Wildman–Crippen MR) is 111 cm³/mol. The summed E-state index contributed by atoms with van der Waals surface area (Å²) in [5.74, 6) is 0.478. The van der Waals surface area contributed by atoms with Gasteiger partial charge in [-0.25, -0.2) is 18.9 Å². The van der Waals surface area contributed by atoms with Gasteiger partial charge in [-0.15, -0.1) is 0 Å². The Kier molecular flexibility index (Phi) is 4.33. The maximum atomic E-state index is 12.9. The first-order valence-electron chi connectivity index (χ1n) is 8.73. The molecule has 0 radical (unpaired) electrons. The molecule has 5 rings (SSSR count). The number of aliphatic imine (C=N–C) groups is 1. The number of nitrogens with zero attached hydrogens (tertiary/aromatic N) is 3. The molecule has 1 unspecified atom stereocenters. The van der Waals surface area contributed by atoms with Crippen molar-refractivity contribution in [2.45, 2.75) is 6.17 Å². The molecule has 1 aromatic heterocycles. The summed E-state index contributed by atoms with van der Waals surface area (Å²) in [6.45, 7) is 0. The molecule has 0 spiro atoms. The second kappa shape index (κ2) is 6.92. The molecular formula is C18H15ClN6O4S. The normalized spacial score (nSPS) is 20.1. The van der Waals surface area contributed by atoms with Crippen molar-refractivity contribution in [2.24, 2.45) is 10.7 Å². The van der Waals surface area contributed by atoms with Crippen LogP contribution in [0.1, 0.15) is 11.7 Å². The van der Waals surface area contributed by atoms with Gasteiger partial charge in [-0.2, -0.15) is 10.0 Å². The number of nitrogens with two attached hydrogens (primary N) is 1. The van der Waals surface area contributed by atoms with Gasteiger partial charge in [-0.05, 0) is 42.5 Å². The summed E-state index contributed by atoms with van der Waals surface area (Å²) in [7, 11) is -3.89. The van der Waals surface area contributed by atoms with Gasteiger partial charge in [-0.1, -0.05) is 11.6 Å². The smallest absolute Gasteiger partial charge is 0.264 e. The maximum Gasteiger partial charge on any atom is 0.264 e. The lowest BCUT2D eigenvalue weighted by Crippen LogP contribution is -2.35. The third-order valence-corrected chi connectivity index (χ3v) is 6.38. The predicted octanol–water partition coefficient (Wildman–Crippen LogP) is 2.73. The first-order chi connectivity index (χ1) is 14.4. The van der Waals surface area contributed by atoms with Crippen molar-refractivity contribution in [2.75, 3.05) is 9.62 Å². The van der Waals surface area contributed by atoms with Gasteiger partial charge >= 0.3 is 0 Å². The Bertz CT molecular complexity index is 1230. The van der Waals surface area contributed by atoms with Crippen LogP contribution < -0.4 is 20.8 Å². The number of furan rings is 1. The van der Waals surface area contributed by atoms with Crippen molar-refractivity contribution in [3.63, 3.8) is 0 Å². The quantitative estimate of drug-likeness (QED) is 0.612. The van der Waals surface area contributed by atoms with Gasteiger partial charge in [0.05, 0.1) is 18.0 Å². The van der Waals surface area contributed by atoms with Crippen LogP contribution in [0.2, 0.25) is 0 Å². The van der Waals surface area contributed by atoms with E-state index in [1.165, 1.54) is 29.7 Å². The molecule has 1 aromatic carbocycles. The summed E-state index contributed by atoms with van der Waals surface area (Å²) in [4.78, 5) is 11.1. The van der Waals surface area contributed by atoms with E-state index in [1.54, 1.807) is 41.6 Å². The third-order valence-electron chi connectivity index (χ3n) is 4.68. The molecule has 0 saturated heterocycles. The molecule has 154 valence electrons. The van der Waals surface area contributed by atoms with E-state index in [-0.39, 0.29) is 15.8 Å². The second-order valence-corrected chi connectivity index (χ2v) is 8.52. The summed E-state index contributed by atoms with van der Waals surface area (Å²) in [6, 6.07) is 8.53. The Balaban J connectivity index is 1.37. The molecule has 3 aliphatic rings. The highest BCUT2D eigenvalue weighted by atomic mass is 35.5. The van der Waals surface area contributed by atoms with E-state index >= 15 is 0 Å². The van der Waals surface area contributed by atoms with Crippen molar-refractivity contribution in [3.05, 3.63) is 76.3 Å². The zero-order valence-electron chi connectivity index (χ0n) is 15.2. The highest BCUT2D eigenvalue weighted by Gasteiger charge is 2.33. The topological polar surface area (TPSA) is 125 Å². The highest BCUT2D eigenvalue weighted by Crippen LogP contribution is 2.35. The Hall–Kier alpha value is -3.25. The number of anilines is 2. The Morgan fingerprint density at radius 3 is 2.80 bits per heavy atom. The Morgan fingerprint density at radius 2 is 2.00 bits per heavy atom. The van der Waals surface area contributed by atoms with E-state index < -0.39 is 16.2 Å². The minimum atomic E-state index is -3.89. The Labute approximate surface area is 176 Å². The van der Waals surface area contributed by atoms with E-state index in [2.05, 4.69) is 15.2 Å². The first-order valence-corrected chi connectivity index (χ1v) is 10.6. The van der Waals surface area contributed by atoms with Crippen LogP contribution >= 0.6 is 11.6 Å². The molecule has 10 nitrogen and oxygen atoms in total. The van der Waals surface area contributed by atoms with Crippen LogP contribution in [0.5, 0.6) is 0 Å². The van der Waals surface area contributed by atoms with Gasteiger partial charge in [0.2, 0.25) is 5.88 Å². The molecule has 30 heavy (non-hydrogen) atoms. The number of nitrogens with one attached hydrogen (secondary N) is 2. The molecule has 1 atom stereocenters. The van der Waals surface area contributed by atoms with Crippen molar-refractivity contribution in [1.29, 1.82) is 0 Å². The first kappa shape index (κ1) is 18.8. The monoisotopic (exact) mass is 446 g/mol. The molecule has 0 fully saturated rings. The van der Waals surface area contributed by atoms with E-state index in [0.717, 1.165) is 11.3 Å². The van der Waals surface area contributed by atoms with Gasteiger partial charge in [-0.3, -0.25) is 4.72 Å². The van der Waals surface area contributed by atoms with Gasteiger partial charge in [0.1, 0.15) is 28.3 Å². The lowest BCUT2D eigenvalue weighted by molar-refractivity contribution is -0.117. The van der Waals surface area contributed by atoms with Gasteiger partial charge in [0.15, 0.2) is 0 Å². The number of hydroxylamine groups is 3. The maximum absolute atomic E-state index is 12.9. The molecule has 0 saturated carbocycles. The average molecular weight is 447 g/mol. The van der Waals surface area contributed by atoms with Crippen LogP contribution in [-0.4, -0.2) is 19.8 Å². The van der Waals surface area contributed by atoms with E-state index in [1.807, 2.05) is 0 Å². The molecule has 4 N–H and O–H groups in total. The lowest BCUT2D eigenvalue weighted by Gasteiger charge is -2.29. The summed E-state index contributed by atoms with van der Waals surface area (Å²) >= 11 is 6.01. The fraction of sp³-hybridized carbons (Fsp3) is 0.0556. The minimum Gasteiger partial charge on any atom is -0.446 e. The number of fused-ring (bicyclic) bond motifs is 2. The number of halogens is 1. The van der Waals surface area contributed by atoms with Gasteiger partial charge in [0.25, 0.3) is 10.0 Å².